The average Bonchev–Trinajstić information content (AvgIpc) is 2.85. The van der Waals surface area contributed by atoms with Gasteiger partial charge in [0, 0.05) is 4.90 Å². The molecule has 0 aliphatic heterocycles. The van der Waals surface area contributed by atoms with Crippen molar-refractivity contribution in [1.82, 2.24) is 0 Å². The van der Waals surface area contributed by atoms with E-state index in [9.17, 15) is 5.11 Å². The molecule has 0 fully saturated rings. The first-order valence-corrected chi connectivity index (χ1v) is 13.6. The van der Waals surface area contributed by atoms with Crippen molar-refractivity contribution >= 4 is 17.4 Å². The van der Waals surface area contributed by atoms with E-state index in [1.54, 1.807) is 31.8 Å². The van der Waals surface area contributed by atoms with Crippen LogP contribution in [0.15, 0.2) is 77.5 Å². The Labute approximate surface area is 237 Å². The summed E-state index contributed by atoms with van der Waals surface area (Å²) in [5, 5.41) is 20.2. The van der Waals surface area contributed by atoms with Crippen LogP contribution in [0.1, 0.15) is 56.9 Å². The number of benzene rings is 3. The molecule has 0 aromatic heterocycles. The quantitative estimate of drug-likeness (QED) is 0.230. The van der Waals surface area contributed by atoms with Crippen molar-refractivity contribution in [2.24, 2.45) is 0 Å². The van der Waals surface area contributed by atoms with Crippen molar-refractivity contribution in [3.63, 3.8) is 0 Å². The molecule has 0 aliphatic carbocycles. The number of thioether (sulfide) groups is 1. The molecule has 0 heterocycles. The molecule has 0 amide bonds. The zero-order valence-corrected chi connectivity index (χ0v) is 26.7. The molecule has 3 aromatic carbocycles. The van der Waals surface area contributed by atoms with Gasteiger partial charge in [0.25, 0.3) is 0 Å². The number of aryl methyl sites for hydroxylation is 2. The van der Waals surface area contributed by atoms with Gasteiger partial charge in [-0.25, -0.2) is 0 Å². The monoisotopic (exact) mass is 672 g/mol. The Bertz CT molecular complexity index is 1140. The fourth-order valence-corrected chi connectivity index (χ4v) is 4.35. The second kappa shape index (κ2) is 15.3. The van der Waals surface area contributed by atoms with Crippen molar-refractivity contribution in [3.8, 4) is 11.1 Å². The Kier molecular flexibility index (Phi) is 13.6. The van der Waals surface area contributed by atoms with Crippen LogP contribution in [-0.4, -0.2) is 17.0 Å². The standard InChI is InChI=1S/C29H34N2OS.C2H6.W/c1-7-26-20(2)10-8-12-24(26)18-31-28(29(4,5)32)19-30-27-15-14-23(16-21(27)3)22-11-9-13-25(17-22)33-6;1-2;/h8-17,19,32H,7,18H2,1-6H3;1-2H3;/q-2;;+2/b28-19-;;. The summed E-state index contributed by atoms with van der Waals surface area (Å²) in [6.45, 7) is 14.4. The largest absolute Gasteiger partial charge is 2.00 e. The van der Waals surface area contributed by atoms with E-state index in [0.29, 0.717) is 12.2 Å². The van der Waals surface area contributed by atoms with Crippen LogP contribution in [0.4, 0.5) is 5.69 Å². The summed E-state index contributed by atoms with van der Waals surface area (Å²) >= 11 is 1.74. The molecule has 5 heteroatoms. The number of rotatable bonds is 9. The summed E-state index contributed by atoms with van der Waals surface area (Å²) in [6.07, 6.45) is 4.76. The molecular formula is C31H40N2OSW. The third-order valence-corrected chi connectivity index (χ3v) is 6.56. The van der Waals surface area contributed by atoms with Gasteiger partial charge < -0.3 is 15.7 Å². The summed E-state index contributed by atoms with van der Waals surface area (Å²) in [5.41, 5.74) is 7.62. The number of hydrogen-bond acceptors (Lipinski definition) is 2. The van der Waals surface area contributed by atoms with E-state index in [1.807, 2.05) is 19.9 Å². The minimum absolute atomic E-state index is 0. The van der Waals surface area contributed by atoms with Gasteiger partial charge >= 0.3 is 21.1 Å². The molecule has 0 unspecified atom stereocenters. The third-order valence-electron chi connectivity index (χ3n) is 5.83. The number of hydrogen-bond donors (Lipinski definition) is 1. The Morgan fingerprint density at radius 2 is 1.61 bits per heavy atom. The molecule has 3 rings (SSSR count). The fourth-order valence-electron chi connectivity index (χ4n) is 3.89. The van der Waals surface area contributed by atoms with Crippen molar-refractivity contribution < 1.29 is 26.2 Å². The first-order valence-electron chi connectivity index (χ1n) is 12.4. The molecule has 0 atom stereocenters. The van der Waals surface area contributed by atoms with E-state index in [1.165, 1.54) is 32.7 Å². The zero-order valence-electron chi connectivity index (χ0n) is 22.9. The molecule has 36 heavy (non-hydrogen) atoms. The minimum Gasteiger partial charge on any atom is -0.683 e. The maximum Gasteiger partial charge on any atom is 2.00 e. The van der Waals surface area contributed by atoms with Crippen LogP contribution in [0, 0.1) is 13.8 Å². The van der Waals surface area contributed by atoms with Gasteiger partial charge in [0.2, 0.25) is 0 Å². The summed E-state index contributed by atoms with van der Waals surface area (Å²) in [5.74, 6) is 0. The molecule has 0 saturated heterocycles. The second-order valence-electron chi connectivity index (χ2n) is 8.82. The van der Waals surface area contributed by atoms with Crippen LogP contribution in [0.25, 0.3) is 21.8 Å². The molecule has 3 aromatic rings. The van der Waals surface area contributed by atoms with Gasteiger partial charge in [-0.2, -0.15) is 11.9 Å². The van der Waals surface area contributed by atoms with Crippen molar-refractivity contribution in [1.29, 1.82) is 0 Å². The summed E-state index contributed by atoms with van der Waals surface area (Å²) in [6, 6.07) is 21.2. The van der Waals surface area contributed by atoms with E-state index in [2.05, 4.69) is 81.6 Å². The molecule has 0 radical (unpaired) electrons. The molecule has 192 valence electrons. The van der Waals surface area contributed by atoms with Gasteiger partial charge in [0.1, 0.15) is 0 Å². The average molecular weight is 673 g/mol. The molecule has 0 spiro atoms. The molecule has 1 N–H and O–H groups in total. The number of aliphatic hydroxyl groups is 1. The van der Waals surface area contributed by atoms with Gasteiger partial charge in [0.05, 0.1) is 5.60 Å². The Balaban J connectivity index is 0.00000211. The maximum atomic E-state index is 10.7. The molecular weight excluding hydrogens is 632 g/mol. The van der Waals surface area contributed by atoms with Crippen molar-refractivity contribution in [3.05, 3.63) is 105 Å². The number of nitrogens with zero attached hydrogens (tertiary/aromatic N) is 2. The predicted molar refractivity (Wildman–Crippen MR) is 155 cm³/mol. The van der Waals surface area contributed by atoms with Crippen LogP contribution < -0.4 is 0 Å². The SMILES string of the molecule is CC.CCc1c(C)cccc1C[N-]/C(=C\[N-]c1ccc(-c2cccc(SC)c2)cc1C)C(C)(C)O.[W+2]. The summed E-state index contributed by atoms with van der Waals surface area (Å²) in [7, 11) is 0. The predicted octanol–water partition coefficient (Wildman–Crippen LogP) is 9.47. The molecule has 0 aliphatic rings. The third kappa shape index (κ3) is 8.83. The van der Waals surface area contributed by atoms with E-state index in [4.69, 9.17) is 10.6 Å². The van der Waals surface area contributed by atoms with Crippen LogP contribution in [0.3, 0.4) is 0 Å². The van der Waals surface area contributed by atoms with E-state index in [-0.39, 0.29) is 21.1 Å². The van der Waals surface area contributed by atoms with Crippen LogP contribution in [-0.2, 0) is 34.0 Å². The van der Waals surface area contributed by atoms with Gasteiger partial charge in [-0.3, -0.25) is 0 Å². The fraction of sp³-hybridized carbons (Fsp3) is 0.355. The Morgan fingerprint density at radius 1 is 0.944 bits per heavy atom. The first kappa shape index (κ1) is 32.0. The van der Waals surface area contributed by atoms with Crippen molar-refractivity contribution in [2.45, 2.75) is 71.9 Å². The zero-order chi connectivity index (χ0) is 26.0. The van der Waals surface area contributed by atoms with E-state index >= 15 is 0 Å². The van der Waals surface area contributed by atoms with Gasteiger partial charge in [-0.05, 0) is 74.8 Å². The van der Waals surface area contributed by atoms with Crippen molar-refractivity contribution in [2.75, 3.05) is 6.26 Å². The van der Waals surface area contributed by atoms with E-state index < -0.39 is 5.60 Å². The van der Waals surface area contributed by atoms with Gasteiger partial charge in [-0.15, -0.1) is 24.0 Å². The first-order chi connectivity index (χ1) is 16.7. The normalized spacial score (nSPS) is 11.2. The summed E-state index contributed by atoms with van der Waals surface area (Å²) < 4.78 is 0. The molecule has 3 nitrogen and oxygen atoms in total. The Hall–Kier alpha value is -2.00. The van der Waals surface area contributed by atoms with Crippen LogP contribution >= 0.6 is 11.8 Å². The molecule has 0 saturated carbocycles. The second-order valence-corrected chi connectivity index (χ2v) is 9.70. The molecule has 0 bridgehead atoms. The van der Waals surface area contributed by atoms with Gasteiger partial charge in [0.15, 0.2) is 0 Å². The smallest absolute Gasteiger partial charge is 0.683 e. The van der Waals surface area contributed by atoms with Crippen LogP contribution in [0.5, 0.6) is 0 Å². The minimum atomic E-state index is -1.08. The van der Waals surface area contributed by atoms with Gasteiger partial charge in [-0.1, -0.05) is 80.4 Å². The summed E-state index contributed by atoms with van der Waals surface area (Å²) in [4.78, 5) is 1.25. The Morgan fingerprint density at radius 3 is 2.22 bits per heavy atom. The van der Waals surface area contributed by atoms with Crippen LogP contribution in [0.2, 0.25) is 0 Å². The van der Waals surface area contributed by atoms with E-state index in [0.717, 1.165) is 17.7 Å². The topological polar surface area (TPSA) is 48.4 Å². The maximum absolute atomic E-state index is 10.7.